The van der Waals surface area contributed by atoms with E-state index in [2.05, 4.69) is 15.0 Å². The number of anilines is 1. The number of thiazole rings is 1. The molecule has 0 aliphatic carbocycles. The highest BCUT2D eigenvalue weighted by Gasteiger charge is 2.21. The van der Waals surface area contributed by atoms with Crippen LogP contribution in [-0.2, 0) is 21.4 Å². The first-order valence-electron chi connectivity index (χ1n) is 7.87. The molecule has 1 amide bonds. The number of aryl methyl sites for hydroxylation is 1. The summed E-state index contributed by atoms with van der Waals surface area (Å²) in [6, 6.07) is 9.20. The van der Waals surface area contributed by atoms with E-state index in [4.69, 9.17) is 4.42 Å². The van der Waals surface area contributed by atoms with E-state index in [1.165, 1.54) is 36.5 Å². The predicted octanol–water partition coefficient (Wildman–Crippen LogP) is 2.85. The largest absolute Gasteiger partial charge is 0.508 e. The molecule has 0 bridgehead atoms. The number of aromatic hydroxyl groups is 1. The minimum absolute atomic E-state index is 0.0129. The smallest absolute Gasteiger partial charge is 0.274 e. The van der Waals surface area contributed by atoms with Crippen molar-refractivity contribution in [3.8, 4) is 16.4 Å². The Morgan fingerprint density at radius 1 is 1.30 bits per heavy atom. The van der Waals surface area contributed by atoms with Gasteiger partial charge in [-0.25, -0.2) is 18.1 Å². The van der Waals surface area contributed by atoms with Gasteiger partial charge in [0.15, 0.2) is 5.13 Å². The number of hydrogen-bond acceptors (Lipinski definition) is 7. The van der Waals surface area contributed by atoms with Gasteiger partial charge in [-0.05, 0) is 36.8 Å². The van der Waals surface area contributed by atoms with Gasteiger partial charge in [-0.1, -0.05) is 23.5 Å². The number of aromatic nitrogens is 1. The van der Waals surface area contributed by atoms with Gasteiger partial charge < -0.3 is 14.8 Å². The molecule has 1 aromatic carbocycles. The number of amides is 1. The van der Waals surface area contributed by atoms with Crippen LogP contribution in [0.3, 0.4) is 0 Å². The fourth-order valence-electron chi connectivity index (χ4n) is 2.33. The molecule has 3 rings (SSSR count). The van der Waals surface area contributed by atoms with E-state index < -0.39 is 10.0 Å². The third-order valence-electron chi connectivity index (χ3n) is 3.53. The van der Waals surface area contributed by atoms with E-state index >= 15 is 0 Å². The highest BCUT2D eigenvalue weighted by Crippen LogP contribution is 2.34. The molecule has 142 valence electrons. The molecule has 0 aliphatic rings. The Balaban J connectivity index is 1.78. The maximum Gasteiger partial charge on any atom is 0.274 e. The summed E-state index contributed by atoms with van der Waals surface area (Å²) in [5.41, 5.74) is 1.23. The number of carbonyl (C=O) groups is 1. The molecule has 0 saturated heterocycles. The van der Waals surface area contributed by atoms with Gasteiger partial charge in [0, 0.05) is 13.5 Å². The predicted molar refractivity (Wildman–Crippen MR) is 101 cm³/mol. The zero-order valence-corrected chi connectivity index (χ0v) is 16.1. The van der Waals surface area contributed by atoms with Crippen molar-refractivity contribution in [3.05, 3.63) is 47.7 Å². The number of furan rings is 1. The highest BCUT2D eigenvalue weighted by atomic mass is 32.2. The second-order valence-corrected chi connectivity index (χ2v) is 8.42. The summed E-state index contributed by atoms with van der Waals surface area (Å²) in [6.07, 6.45) is 0. The van der Waals surface area contributed by atoms with Gasteiger partial charge in [-0.2, -0.15) is 0 Å². The summed E-state index contributed by atoms with van der Waals surface area (Å²) < 4.78 is 32.8. The number of nitrogens with one attached hydrogen (secondary N) is 2. The number of sulfonamides is 1. The molecule has 2 heterocycles. The number of phenols is 1. The molecule has 0 atom stereocenters. The van der Waals surface area contributed by atoms with Crippen molar-refractivity contribution >= 4 is 32.4 Å². The average molecular weight is 407 g/mol. The van der Waals surface area contributed by atoms with Crippen LogP contribution >= 0.6 is 11.3 Å². The topological polar surface area (TPSA) is 122 Å². The molecule has 27 heavy (non-hydrogen) atoms. The van der Waals surface area contributed by atoms with Crippen LogP contribution in [0.2, 0.25) is 0 Å². The van der Waals surface area contributed by atoms with Gasteiger partial charge in [0.05, 0.1) is 10.6 Å². The Kier molecular flexibility index (Phi) is 5.31. The summed E-state index contributed by atoms with van der Waals surface area (Å²) in [5, 5.41) is 12.2. The first kappa shape index (κ1) is 19.1. The van der Waals surface area contributed by atoms with Crippen molar-refractivity contribution in [1.29, 1.82) is 0 Å². The molecule has 0 aliphatic heterocycles. The lowest BCUT2D eigenvalue weighted by atomic mass is 10.2. The van der Waals surface area contributed by atoms with E-state index in [1.807, 2.05) is 0 Å². The fourth-order valence-corrected chi connectivity index (χ4v) is 4.25. The summed E-state index contributed by atoms with van der Waals surface area (Å²) in [5.74, 6) is 0.163. The van der Waals surface area contributed by atoms with E-state index in [9.17, 15) is 18.3 Å². The number of carbonyl (C=O) groups excluding carboxylic acids is 1. The van der Waals surface area contributed by atoms with E-state index in [1.54, 1.807) is 25.1 Å². The molecule has 10 heteroatoms. The van der Waals surface area contributed by atoms with Gasteiger partial charge in [-0.3, -0.25) is 4.79 Å². The molecule has 3 aromatic rings. The molecular weight excluding hydrogens is 390 g/mol. The molecule has 0 spiro atoms. The maximum absolute atomic E-state index is 12.4. The molecule has 3 N–H and O–H groups in total. The lowest BCUT2D eigenvalue weighted by Gasteiger charge is -2.05. The Hall–Kier alpha value is -2.69. The Morgan fingerprint density at radius 3 is 2.78 bits per heavy atom. The van der Waals surface area contributed by atoms with Crippen LogP contribution < -0.4 is 10.0 Å². The number of nitrogens with zero attached hydrogens (tertiary/aromatic N) is 1. The second-order valence-electron chi connectivity index (χ2n) is 5.73. The number of rotatable bonds is 6. The SMILES string of the molecule is CC(=O)Nc1nc(C)c(-c2ccc(S(=O)(=O)NCc3cccc(O)c3)o2)s1. The lowest BCUT2D eigenvalue weighted by Crippen LogP contribution is -2.22. The summed E-state index contributed by atoms with van der Waals surface area (Å²) in [4.78, 5) is 16.0. The van der Waals surface area contributed by atoms with Crippen molar-refractivity contribution in [3.63, 3.8) is 0 Å². The fraction of sp³-hybridized carbons (Fsp3) is 0.176. The van der Waals surface area contributed by atoms with Gasteiger partial charge in [-0.15, -0.1) is 0 Å². The van der Waals surface area contributed by atoms with E-state index in [0.29, 0.717) is 27.0 Å². The lowest BCUT2D eigenvalue weighted by molar-refractivity contribution is -0.114. The van der Waals surface area contributed by atoms with Gasteiger partial charge in [0.2, 0.25) is 11.0 Å². The first-order chi connectivity index (χ1) is 12.7. The number of phenolic OH excluding ortho intramolecular Hbond substituents is 1. The summed E-state index contributed by atoms with van der Waals surface area (Å²) in [7, 11) is -3.87. The van der Waals surface area contributed by atoms with E-state index in [-0.39, 0.29) is 23.3 Å². The van der Waals surface area contributed by atoms with Crippen LogP contribution in [0, 0.1) is 6.92 Å². The number of benzene rings is 1. The Morgan fingerprint density at radius 2 is 2.07 bits per heavy atom. The molecular formula is C17H17N3O5S2. The van der Waals surface area contributed by atoms with Crippen LogP contribution in [0.1, 0.15) is 18.2 Å². The summed E-state index contributed by atoms with van der Waals surface area (Å²) >= 11 is 1.20. The number of hydrogen-bond donors (Lipinski definition) is 3. The van der Waals surface area contributed by atoms with E-state index in [0.717, 1.165) is 0 Å². The van der Waals surface area contributed by atoms with Crippen molar-refractivity contribution in [2.24, 2.45) is 0 Å². The highest BCUT2D eigenvalue weighted by molar-refractivity contribution is 7.89. The van der Waals surface area contributed by atoms with Gasteiger partial charge in [0.1, 0.15) is 11.5 Å². The van der Waals surface area contributed by atoms with Crippen LogP contribution in [0.25, 0.3) is 10.6 Å². The van der Waals surface area contributed by atoms with Crippen LogP contribution in [0.4, 0.5) is 5.13 Å². The normalized spacial score (nSPS) is 11.5. The molecule has 8 nitrogen and oxygen atoms in total. The first-order valence-corrected chi connectivity index (χ1v) is 10.2. The molecule has 0 unspecified atom stereocenters. The van der Waals surface area contributed by atoms with Gasteiger partial charge >= 0.3 is 0 Å². The quantitative estimate of drug-likeness (QED) is 0.578. The second kappa shape index (κ2) is 7.51. The zero-order chi connectivity index (χ0) is 19.6. The van der Waals surface area contributed by atoms with Crippen LogP contribution in [-0.4, -0.2) is 24.4 Å². The minimum Gasteiger partial charge on any atom is -0.508 e. The minimum atomic E-state index is -3.87. The van der Waals surface area contributed by atoms with Crippen molar-refractivity contribution in [2.45, 2.75) is 25.5 Å². The third kappa shape index (κ3) is 4.54. The Labute approximate surface area is 159 Å². The maximum atomic E-state index is 12.4. The molecule has 0 saturated carbocycles. The van der Waals surface area contributed by atoms with Crippen LogP contribution in [0.15, 0.2) is 45.9 Å². The molecule has 2 aromatic heterocycles. The molecule has 0 radical (unpaired) electrons. The third-order valence-corrected chi connectivity index (χ3v) is 5.89. The monoisotopic (exact) mass is 407 g/mol. The zero-order valence-electron chi connectivity index (χ0n) is 14.5. The summed E-state index contributed by atoms with van der Waals surface area (Å²) in [6.45, 7) is 3.14. The average Bonchev–Trinajstić information content (AvgIpc) is 3.20. The standard InChI is InChI=1S/C17H17N3O5S2/c1-10-16(26-17(19-10)20-11(2)21)14-6-7-15(25-14)27(23,24)18-9-12-4-3-5-13(22)8-12/h3-8,18,22H,9H2,1-2H3,(H,19,20,21). The van der Waals surface area contributed by atoms with Crippen molar-refractivity contribution in [1.82, 2.24) is 9.71 Å². The van der Waals surface area contributed by atoms with Crippen molar-refractivity contribution < 1.29 is 22.7 Å². The van der Waals surface area contributed by atoms with Gasteiger partial charge in [0.25, 0.3) is 10.0 Å². The van der Waals surface area contributed by atoms with Crippen LogP contribution in [0.5, 0.6) is 5.75 Å². The Bertz CT molecular complexity index is 1090. The molecule has 0 fully saturated rings. The van der Waals surface area contributed by atoms with Crippen molar-refractivity contribution in [2.75, 3.05) is 5.32 Å².